The second-order valence-electron chi connectivity index (χ2n) is 4.51. The number of carbonyl (C=O) groups excluding carboxylic acids is 1. The second-order valence-corrected chi connectivity index (χ2v) is 5.42. The van der Waals surface area contributed by atoms with Gasteiger partial charge in [0.15, 0.2) is 0 Å². The molecule has 0 aliphatic heterocycles. The van der Waals surface area contributed by atoms with Crippen molar-refractivity contribution in [2.75, 3.05) is 5.32 Å². The number of hydrogen-bond acceptors (Lipinski definition) is 1. The van der Waals surface area contributed by atoms with Gasteiger partial charge in [0.2, 0.25) is 0 Å². The number of hydrogen-bond donors (Lipinski definition) is 2. The molecule has 2 rings (SSSR count). The summed E-state index contributed by atoms with van der Waals surface area (Å²) in [5.41, 5.74) is 0.782. The van der Waals surface area contributed by atoms with E-state index >= 15 is 0 Å². The van der Waals surface area contributed by atoms with Crippen molar-refractivity contribution in [2.45, 2.75) is 25.7 Å². The van der Waals surface area contributed by atoms with Crippen LogP contribution in [0.15, 0.2) is 41.0 Å². The van der Waals surface area contributed by atoms with Gasteiger partial charge < -0.3 is 10.6 Å². The fraction of sp³-hybridized carbons (Fsp3) is 0.357. The van der Waals surface area contributed by atoms with Gasteiger partial charge in [0.25, 0.3) is 0 Å². The van der Waals surface area contributed by atoms with Crippen LogP contribution < -0.4 is 10.6 Å². The molecule has 96 valence electrons. The van der Waals surface area contributed by atoms with Crippen molar-refractivity contribution in [3.05, 3.63) is 41.0 Å². The fourth-order valence-electron chi connectivity index (χ4n) is 2.11. The van der Waals surface area contributed by atoms with Crippen LogP contribution in [0.4, 0.5) is 10.5 Å². The highest BCUT2D eigenvalue weighted by atomic mass is 79.9. The van der Waals surface area contributed by atoms with Gasteiger partial charge in [-0.25, -0.2) is 4.79 Å². The van der Waals surface area contributed by atoms with E-state index in [1.807, 2.05) is 24.3 Å². The minimum absolute atomic E-state index is 0.202. The van der Waals surface area contributed by atoms with E-state index in [9.17, 15) is 4.79 Å². The Labute approximate surface area is 116 Å². The summed E-state index contributed by atoms with van der Waals surface area (Å²) in [5, 5.41) is 5.50. The zero-order valence-corrected chi connectivity index (χ0v) is 11.7. The molecule has 2 N–H and O–H groups in total. The summed E-state index contributed by atoms with van der Waals surface area (Å²) in [7, 11) is 0. The molecule has 1 aliphatic rings. The SMILES string of the molecule is O=C(N/C=C/C1CCCC1)Nc1ccc(Br)cc1. The lowest BCUT2D eigenvalue weighted by atomic mass is 10.1. The van der Waals surface area contributed by atoms with Gasteiger partial charge in [0.05, 0.1) is 0 Å². The molecule has 1 aliphatic carbocycles. The first-order chi connectivity index (χ1) is 8.74. The molecule has 0 unspecified atom stereocenters. The summed E-state index contributed by atoms with van der Waals surface area (Å²) < 4.78 is 0.995. The number of halogens is 1. The number of rotatable bonds is 3. The van der Waals surface area contributed by atoms with E-state index in [4.69, 9.17) is 0 Å². The van der Waals surface area contributed by atoms with Gasteiger partial charge in [0.1, 0.15) is 0 Å². The number of benzene rings is 1. The van der Waals surface area contributed by atoms with Crippen LogP contribution in [-0.4, -0.2) is 6.03 Å². The Kier molecular flexibility index (Phi) is 4.81. The summed E-state index contributed by atoms with van der Waals surface area (Å²) in [5.74, 6) is 0.637. The van der Waals surface area contributed by atoms with E-state index in [1.54, 1.807) is 6.20 Å². The number of carbonyl (C=O) groups is 1. The number of urea groups is 1. The molecule has 0 aromatic heterocycles. The second kappa shape index (κ2) is 6.59. The third-order valence-electron chi connectivity index (χ3n) is 3.08. The lowest BCUT2D eigenvalue weighted by Crippen LogP contribution is -2.23. The van der Waals surface area contributed by atoms with Crippen LogP contribution in [0.2, 0.25) is 0 Å². The molecule has 1 saturated carbocycles. The molecule has 0 saturated heterocycles. The first kappa shape index (κ1) is 13.1. The van der Waals surface area contributed by atoms with Crippen LogP contribution in [0, 0.1) is 5.92 Å². The third kappa shape index (κ3) is 4.18. The Morgan fingerprint density at radius 2 is 1.89 bits per heavy atom. The van der Waals surface area contributed by atoms with E-state index < -0.39 is 0 Å². The van der Waals surface area contributed by atoms with Crippen molar-refractivity contribution in [1.82, 2.24) is 5.32 Å². The Morgan fingerprint density at radius 1 is 1.22 bits per heavy atom. The molecular formula is C14H17BrN2O. The first-order valence-electron chi connectivity index (χ1n) is 6.24. The van der Waals surface area contributed by atoms with Crippen molar-refractivity contribution in [3.8, 4) is 0 Å². The predicted molar refractivity (Wildman–Crippen MR) is 77.4 cm³/mol. The smallest absolute Gasteiger partial charge is 0.315 e. The zero-order valence-electron chi connectivity index (χ0n) is 10.2. The summed E-state index contributed by atoms with van der Waals surface area (Å²) in [6.45, 7) is 0. The van der Waals surface area contributed by atoms with Crippen LogP contribution >= 0.6 is 15.9 Å². The summed E-state index contributed by atoms with van der Waals surface area (Å²) in [6.07, 6.45) is 8.94. The van der Waals surface area contributed by atoms with E-state index in [0.29, 0.717) is 5.92 Å². The van der Waals surface area contributed by atoms with Gasteiger partial charge >= 0.3 is 6.03 Å². The molecule has 0 radical (unpaired) electrons. The molecular weight excluding hydrogens is 292 g/mol. The number of amides is 2. The highest BCUT2D eigenvalue weighted by Crippen LogP contribution is 2.25. The molecule has 2 amide bonds. The predicted octanol–water partition coefficient (Wildman–Crippen LogP) is 4.27. The summed E-state index contributed by atoms with van der Waals surface area (Å²) >= 11 is 3.35. The molecule has 3 nitrogen and oxygen atoms in total. The minimum Gasteiger partial charge on any atom is -0.315 e. The molecule has 1 fully saturated rings. The normalized spacial score (nSPS) is 16.1. The Morgan fingerprint density at radius 3 is 2.56 bits per heavy atom. The van der Waals surface area contributed by atoms with Gasteiger partial charge in [-0.1, -0.05) is 34.8 Å². The van der Waals surface area contributed by atoms with Crippen molar-refractivity contribution in [2.24, 2.45) is 5.92 Å². The summed E-state index contributed by atoms with van der Waals surface area (Å²) in [6, 6.07) is 7.29. The topological polar surface area (TPSA) is 41.1 Å². The standard InChI is InChI=1S/C14H17BrN2O/c15-12-5-7-13(8-6-12)17-14(18)16-10-9-11-3-1-2-4-11/h5-11H,1-4H2,(H2,16,17,18)/b10-9+. The van der Waals surface area contributed by atoms with Crippen molar-refractivity contribution in [3.63, 3.8) is 0 Å². The molecule has 1 aromatic carbocycles. The molecule has 4 heteroatoms. The average molecular weight is 309 g/mol. The lowest BCUT2D eigenvalue weighted by Gasteiger charge is -2.05. The highest BCUT2D eigenvalue weighted by molar-refractivity contribution is 9.10. The van der Waals surface area contributed by atoms with Crippen molar-refractivity contribution in [1.29, 1.82) is 0 Å². The van der Waals surface area contributed by atoms with E-state index in [1.165, 1.54) is 25.7 Å². The third-order valence-corrected chi connectivity index (χ3v) is 3.61. The maximum atomic E-state index is 11.6. The monoisotopic (exact) mass is 308 g/mol. The van der Waals surface area contributed by atoms with Gasteiger partial charge in [-0.3, -0.25) is 0 Å². The largest absolute Gasteiger partial charge is 0.323 e. The molecule has 1 aromatic rings. The van der Waals surface area contributed by atoms with E-state index in [-0.39, 0.29) is 6.03 Å². The zero-order chi connectivity index (χ0) is 12.8. The summed E-state index contributed by atoms with van der Waals surface area (Å²) in [4.78, 5) is 11.6. The Bertz CT molecular complexity index is 422. The first-order valence-corrected chi connectivity index (χ1v) is 7.03. The van der Waals surface area contributed by atoms with Gasteiger partial charge in [-0.15, -0.1) is 0 Å². The quantitative estimate of drug-likeness (QED) is 0.860. The number of allylic oxidation sites excluding steroid dienone is 1. The Hall–Kier alpha value is -1.29. The van der Waals surface area contributed by atoms with Crippen LogP contribution in [-0.2, 0) is 0 Å². The maximum Gasteiger partial charge on any atom is 0.323 e. The molecule has 0 bridgehead atoms. The van der Waals surface area contributed by atoms with E-state index in [0.717, 1.165) is 10.2 Å². The number of anilines is 1. The van der Waals surface area contributed by atoms with Gasteiger partial charge in [0, 0.05) is 16.4 Å². The van der Waals surface area contributed by atoms with Crippen molar-refractivity contribution < 1.29 is 4.79 Å². The van der Waals surface area contributed by atoms with E-state index in [2.05, 4.69) is 32.6 Å². The maximum absolute atomic E-state index is 11.6. The van der Waals surface area contributed by atoms with Gasteiger partial charge in [-0.2, -0.15) is 0 Å². The lowest BCUT2D eigenvalue weighted by molar-refractivity contribution is 0.255. The Balaban J connectivity index is 1.76. The minimum atomic E-state index is -0.202. The highest BCUT2D eigenvalue weighted by Gasteiger charge is 2.11. The molecule has 0 heterocycles. The van der Waals surface area contributed by atoms with Crippen LogP contribution in [0.1, 0.15) is 25.7 Å². The molecule has 0 spiro atoms. The number of nitrogens with one attached hydrogen (secondary N) is 2. The van der Waals surface area contributed by atoms with Crippen LogP contribution in [0.5, 0.6) is 0 Å². The molecule has 0 atom stereocenters. The van der Waals surface area contributed by atoms with Crippen molar-refractivity contribution >= 4 is 27.6 Å². The average Bonchev–Trinajstić information content (AvgIpc) is 2.85. The van der Waals surface area contributed by atoms with Gasteiger partial charge in [-0.05, 0) is 43.0 Å². The van der Waals surface area contributed by atoms with Crippen LogP contribution in [0.3, 0.4) is 0 Å². The molecule has 18 heavy (non-hydrogen) atoms. The van der Waals surface area contributed by atoms with Crippen LogP contribution in [0.25, 0.3) is 0 Å². The fourth-order valence-corrected chi connectivity index (χ4v) is 2.37.